The quantitative estimate of drug-likeness (QED) is 0.499. The molecule has 0 saturated carbocycles. The normalized spacial score (nSPS) is 15.9. The van der Waals surface area contributed by atoms with Gasteiger partial charge in [-0.15, -0.1) is 8.58 Å². The Labute approximate surface area is 48.5 Å². The Morgan fingerprint density at radius 2 is 2.14 bits per heavy atom. The lowest BCUT2D eigenvalue weighted by atomic mass is 10.2. The lowest BCUT2D eigenvalue weighted by molar-refractivity contribution is 0.635. The second kappa shape index (κ2) is 4.59. The standard InChI is InChI=1S/C6H15P/c1-4-6(2)5-7-3/h6-7H,4-5H2,1-3H3/t6-/m0/s1. The Bertz CT molecular complexity index is 35.2. The van der Waals surface area contributed by atoms with Crippen LogP contribution in [0.4, 0.5) is 0 Å². The molecule has 0 amide bonds. The van der Waals surface area contributed by atoms with Crippen molar-refractivity contribution < 1.29 is 0 Å². The van der Waals surface area contributed by atoms with Crippen LogP contribution in [0.15, 0.2) is 0 Å². The highest BCUT2D eigenvalue weighted by Gasteiger charge is 1.92. The summed E-state index contributed by atoms with van der Waals surface area (Å²) in [6, 6.07) is 0. The first-order valence-electron chi connectivity index (χ1n) is 2.95. The Hall–Kier alpha value is 0.430. The fraction of sp³-hybridized carbons (Fsp3) is 1.00. The van der Waals surface area contributed by atoms with E-state index in [4.69, 9.17) is 0 Å². The maximum atomic E-state index is 2.32. The van der Waals surface area contributed by atoms with Crippen molar-refractivity contribution in [3.8, 4) is 0 Å². The van der Waals surface area contributed by atoms with Crippen LogP contribution in [-0.2, 0) is 0 Å². The first kappa shape index (κ1) is 7.43. The van der Waals surface area contributed by atoms with Gasteiger partial charge in [0.05, 0.1) is 0 Å². The van der Waals surface area contributed by atoms with Gasteiger partial charge < -0.3 is 0 Å². The van der Waals surface area contributed by atoms with Crippen LogP contribution in [0, 0.1) is 5.92 Å². The van der Waals surface area contributed by atoms with Crippen LogP contribution in [0.1, 0.15) is 20.3 Å². The van der Waals surface area contributed by atoms with Crippen LogP contribution in [-0.4, -0.2) is 12.8 Å². The zero-order valence-corrected chi connectivity index (χ0v) is 6.49. The lowest BCUT2D eigenvalue weighted by Crippen LogP contribution is -1.92. The molecule has 0 radical (unpaired) electrons. The van der Waals surface area contributed by atoms with Crippen LogP contribution in [0.3, 0.4) is 0 Å². The molecule has 0 N–H and O–H groups in total. The van der Waals surface area contributed by atoms with Crippen molar-refractivity contribution in [1.29, 1.82) is 0 Å². The molecule has 1 unspecified atom stereocenters. The fourth-order valence-corrected chi connectivity index (χ4v) is 1.48. The van der Waals surface area contributed by atoms with Crippen molar-refractivity contribution in [3.05, 3.63) is 0 Å². The Balaban J connectivity index is 2.83. The maximum Gasteiger partial charge on any atom is -0.0330 e. The van der Waals surface area contributed by atoms with Gasteiger partial charge in [0.1, 0.15) is 0 Å². The Morgan fingerprint density at radius 3 is 2.29 bits per heavy atom. The largest absolute Gasteiger partial charge is 0.125 e. The van der Waals surface area contributed by atoms with Gasteiger partial charge in [0.2, 0.25) is 0 Å². The van der Waals surface area contributed by atoms with Gasteiger partial charge in [0.25, 0.3) is 0 Å². The van der Waals surface area contributed by atoms with Crippen molar-refractivity contribution in [2.75, 3.05) is 12.8 Å². The first-order chi connectivity index (χ1) is 3.31. The van der Waals surface area contributed by atoms with E-state index in [9.17, 15) is 0 Å². The van der Waals surface area contributed by atoms with Crippen LogP contribution >= 0.6 is 8.58 Å². The van der Waals surface area contributed by atoms with E-state index in [1.54, 1.807) is 0 Å². The summed E-state index contributed by atoms with van der Waals surface area (Å²) in [5, 5.41) is 0. The minimum Gasteiger partial charge on any atom is -0.125 e. The molecule has 0 heterocycles. The molecule has 0 spiro atoms. The summed E-state index contributed by atoms with van der Waals surface area (Å²) in [5.74, 6) is 0.961. The lowest BCUT2D eigenvalue weighted by Gasteiger charge is -2.02. The third kappa shape index (κ3) is 4.28. The van der Waals surface area contributed by atoms with Crippen molar-refractivity contribution in [3.63, 3.8) is 0 Å². The van der Waals surface area contributed by atoms with Gasteiger partial charge in [-0.1, -0.05) is 20.3 Å². The topological polar surface area (TPSA) is 0 Å². The summed E-state index contributed by atoms with van der Waals surface area (Å²) in [6.45, 7) is 6.84. The van der Waals surface area contributed by atoms with Crippen LogP contribution in [0.2, 0.25) is 0 Å². The van der Waals surface area contributed by atoms with E-state index >= 15 is 0 Å². The van der Waals surface area contributed by atoms with Crippen LogP contribution < -0.4 is 0 Å². The van der Waals surface area contributed by atoms with Crippen molar-refractivity contribution in [2.24, 2.45) is 5.92 Å². The van der Waals surface area contributed by atoms with Crippen LogP contribution in [0.5, 0.6) is 0 Å². The predicted octanol–water partition coefficient (Wildman–Crippen LogP) is 2.34. The molecule has 0 aromatic heterocycles. The summed E-state index contributed by atoms with van der Waals surface area (Å²) < 4.78 is 0. The summed E-state index contributed by atoms with van der Waals surface area (Å²) >= 11 is 0. The van der Waals surface area contributed by atoms with E-state index in [2.05, 4.69) is 20.5 Å². The minimum atomic E-state index is 0.961. The summed E-state index contributed by atoms with van der Waals surface area (Å²) in [5.41, 5.74) is 0. The fourth-order valence-electron chi connectivity index (χ4n) is 0.493. The van der Waals surface area contributed by atoms with E-state index in [1.807, 2.05) is 0 Å². The van der Waals surface area contributed by atoms with Gasteiger partial charge in [0.15, 0.2) is 0 Å². The number of hydrogen-bond donors (Lipinski definition) is 0. The Morgan fingerprint density at radius 1 is 1.57 bits per heavy atom. The molecule has 0 rings (SSSR count). The molecule has 0 aliphatic carbocycles. The molecule has 0 aromatic rings. The molecule has 44 valence electrons. The first-order valence-corrected chi connectivity index (χ1v) is 4.66. The maximum absolute atomic E-state index is 2.32. The second-order valence-corrected chi connectivity index (χ2v) is 3.19. The molecule has 0 aliphatic rings. The van der Waals surface area contributed by atoms with E-state index in [0.29, 0.717) is 0 Å². The van der Waals surface area contributed by atoms with Gasteiger partial charge in [-0.2, -0.15) is 0 Å². The molecule has 0 bridgehead atoms. The highest BCUT2D eigenvalue weighted by molar-refractivity contribution is 7.36. The van der Waals surface area contributed by atoms with Crippen molar-refractivity contribution in [1.82, 2.24) is 0 Å². The van der Waals surface area contributed by atoms with E-state index in [1.165, 1.54) is 12.6 Å². The number of rotatable bonds is 3. The third-order valence-electron chi connectivity index (χ3n) is 1.25. The van der Waals surface area contributed by atoms with E-state index in [-0.39, 0.29) is 0 Å². The molecular formula is C6H15P. The SMILES string of the molecule is CC[C@H](C)CPC. The molecule has 0 aliphatic heterocycles. The average Bonchev–Trinajstić information content (AvgIpc) is 1.68. The molecule has 0 nitrogen and oxygen atoms in total. The summed E-state index contributed by atoms with van der Waals surface area (Å²) in [7, 11) is 1.14. The van der Waals surface area contributed by atoms with E-state index in [0.717, 1.165) is 14.5 Å². The third-order valence-corrected chi connectivity index (χ3v) is 2.35. The second-order valence-electron chi connectivity index (χ2n) is 2.07. The predicted molar refractivity (Wildman–Crippen MR) is 38.6 cm³/mol. The molecular weight excluding hydrogens is 103 g/mol. The summed E-state index contributed by atoms with van der Waals surface area (Å²) in [4.78, 5) is 0. The smallest absolute Gasteiger partial charge is 0.0330 e. The highest BCUT2D eigenvalue weighted by atomic mass is 31.1. The molecule has 2 atom stereocenters. The van der Waals surface area contributed by atoms with Gasteiger partial charge in [-0.3, -0.25) is 0 Å². The van der Waals surface area contributed by atoms with Gasteiger partial charge >= 0.3 is 0 Å². The molecule has 7 heavy (non-hydrogen) atoms. The summed E-state index contributed by atoms with van der Waals surface area (Å²) in [6.07, 6.45) is 2.78. The van der Waals surface area contributed by atoms with Gasteiger partial charge in [-0.05, 0) is 18.7 Å². The van der Waals surface area contributed by atoms with Gasteiger partial charge in [-0.25, -0.2) is 0 Å². The van der Waals surface area contributed by atoms with Crippen molar-refractivity contribution in [2.45, 2.75) is 20.3 Å². The zero-order chi connectivity index (χ0) is 5.70. The molecule has 0 fully saturated rings. The van der Waals surface area contributed by atoms with E-state index < -0.39 is 0 Å². The molecule has 0 aromatic carbocycles. The average molecular weight is 118 g/mol. The Kier molecular flexibility index (Phi) is 4.87. The minimum absolute atomic E-state index is 0.961. The highest BCUT2D eigenvalue weighted by Crippen LogP contribution is 2.11. The molecule has 0 saturated heterocycles. The molecule has 1 heteroatoms. The van der Waals surface area contributed by atoms with Crippen molar-refractivity contribution >= 4 is 8.58 Å². The monoisotopic (exact) mass is 118 g/mol. The van der Waals surface area contributed by atoms with Gasteiger partial charge in [0, 0.05) is 0 Å². The zero-order valence-electron chi connectivity index (χ0n) is 5.49. The number of hydrogen-bond acceptors (Lipinski definition) is 0. The van der Waals surface area contributed by atoms with Crippen LogP contribution in [0.25, 0.3) is 0 Å².